The minimum atomic E-state index is -4.61. The summed E-state index contributed by atoms with van der Waals surface area (Å²) in [6.45, 7) is 0. The first-order valence-corrected chi connectivity index (χ1v) is 3.38. The Labute approximate surface area is 76.2 Å². The molecule has 0 aliphatic heterocycles. The van der Waals surface area contributed by atoms with Gasteiger partial charge in [-0.05, 0) is 6.07 Å². The van der Waals surface area contributed by atoms with Crippen molar-refractivity contribution in [1.82, 2.24) is 4.98 Å². The first-order chi connectivity index (χ1) is 6.32. The van der Waals surface area contributed by atoms with E-state index in [0.717, 1.165) is 0 Å². The quantitative estimate of drug-likeness (QED) is 0.716. The smallest absolute Gasteiger partial charge is 0.418 e. The molecule has 0 spiro atoms. The van der Waals surface area contributed by atoms with E-state index in [1.54, 1.807) is 0 Å². The molecule has 76 valence electrons. The van der Waals surface area contributed by atoms with E-state index in [1.807, 2.05) is 0 Å². The number of aromatic nitrogens is 1. The van der Waals surface area contributed by atoms with Crippen LogP contribution in [0.1, 0.15) is 16.1 Å². The van der Waals surface area contributed by atoms with Gasteiger partial charge in [0.1, 0.15) is 5.75 Å². The van der Waals surface area contributed by atoms with Crippen LogP contribution in [0.25, 0.3) is 0 Å². The standard InChI is InChI=1S/C7H5F3N2O2/c8-7(9,10)3-1-4(13)5(6(11)14)12-2-3/h1-2,13H,(H2,11,14). The van der Waals surface area contributed by atoms with Crippen LogP contribution in [0.3, 0.4) is 0 Å². The molecule has 1 heterocycles. The van der Waals surface area contributed by atoms with E-state index in [2.05, 4.69) is 4.98 Å². The maximum Gasteiger partial charge on any atom is 0.418 e. The van der Waals surface area contributed by atoms with Crippen molar-refractivity contribution in [2.75, 3.05) is 0 Å². The molecule has 0 saturated carbocycles. The van der Waals surface area contributed by atoms with E-state index in [4.69, 9.17) is 10.8 Å². The van der Waals surface area contributed by atoms with Crippen molar-refractivity contribution >= 4 is 5.91 Å². The van der Waals surface area contributed by atoms with Crippen LogP contribution >= 0.6 is 0 Å². The highest BCUT2D eigenvalue weighted by Crippen LogP contribution is 2.31. The maximum absolute atomic E-state index is 12.0. The molecule has 0 atom stereocenters. The molecule has 0 unspecified atom stereocenters. The summed E-state index contributed by atoms with van der Waals surface area (Å²) in [5, 5.41) is 8.96. The second-order valence-electron chi connectivity index (χ2n) is 2.45. The average molecular weight is 206 g/mol. The first-order valence-electron chi connectivity index (χ1n) is 3.38. The van der Waals surface area contributed by atoms with Crippen LogP contribution in [0.2, 0.25) is 0 Å². The summed E-state index contributed by atoms with van der Waals surface area (Å²) in [5.41, 5.74) is 3.01. The van der Waals surface area contributed by atoms with E-state index in [1.165, 1.54) is 0 Å². The van der Waals surface area contributed by atoms with Gasteiger partial charge >= 0.3 is 6.18 Å². The second-order valence-corrected chi connectivity index (χ2v) is 2.45. The number of alkyl halides is 3. The van der Waals surface area contributed by atoms with Gasteiger partial charge in [-0.2, -0.15) is 13.2 Å². The predicted octanol–water partition coefficient (Wildman–Crippen LogP) is 0.905. The van der Waals surface area contributed by atoms with Gasteiger partial charge in [0.2, 0.25) is 0 Å². The van der Waals surface area contributed by atoms with Gasteiger partial charge in [0, 0.05) is 6.20 Å². The summed E-state index contributed by atoms with van der Waals surface area (Å²) in [4.78, 5) is 13.6. The number of hydrogen-bond donors (Lipinski definition) is 2. The molecule has 0 aliphatic carbocycles. The van der Waals surface area contributed by atoms with E-state index >= 15 is 0 Å². The second kappa shape index (κ2) is 3.17. The monoisotopic (exact) mass is 206 g/mol. The maximum atomic E-state index is 12.0. The molecule has 7 heteroatoms. The highest BCUT2D eigenvalue weighted by molar-refractivity contribution is 5.93. The van der Waals surface area contributed by atoms with Crippen molar-refractivity contribution in [1.29, 1.82) is 0 Å². The average Bonchev–Trinajstić information content (AvgIpc) is 2.01. The van der Waals surface area contributed by atoms with Crippen molar-refractivity contribution in [3.63, 3.8) is 0 Å². The number of halogens is 3. The molecule has 0 radical (unpaired) electrons. The third-order valence-electron chi connectivity index (χ3n) is 1.43. The fourth-order valence-corrected chi connectivity index (χ4v) is 0.798. The zero-order valence-corrected chi connectivity index (χ0v) is 6.67. The van der Waals surface area contributed by atoms with Crippen molar-refractivity contribution in [3.05, 3.63) is 23.5 Å². The van der Waals surface area contributed by atoms with Crippen molar-refractivity contribution in [3.8, 4) is 5.75 Å². The van der Waals surface area contributed by atoms with Gasteiger partial charge in [0.25, 0.3) is 5.91 Å². The van der Waals surface area contributed by atoms with Gasteiger partial charge in [0.15, 0.2) is 5.69 Å². The van der Waals surface area contributed by atoms with Gasteiger partial charge in [-0.25, -0.2) is 4.98 Å². The summed E-state index contributed by atoms with van der Waals surface area (Å²) >= 11 is 0. The topological polar surface area (TPSA) is 76.2 Å². The lowest BCUT2D eigenvalue weighted by molar-refractivity contribution is -0.138. The third kappa shape index (κ3) is 1.93. The normalized spacial score (nSPS) is 11.4. The minimum absolute atomic E-state index is 0.396. The highest BCUT2D eigenvalue weighted by Gasteiger charge is 2.32. The molecule has 0 aliphatic rings. The summed E-state index contributed by atoms with van der Waals surface area (Å²) < 4.78 is 36.1. The molecular weight excluding hydrogens is 201 g/mol. The molecule has 14 heavy (non-hydrogen) atoms. The highest BCUT2D eigenvalue weighted by atomic mass is 19.4. The lowest BCUT2D eigenvalue weighted by atomic mass is 10.2. The zero-order chi connectivity index (χ0) is 10.9. The fourth-order valence-electron chi connectivity index (χ4n) is 0.798. The lowest BCUT2D eigenvalue weighted by Gasteiger charge is -2.07. The summed E-state index contributed by atoms with van der Waals surface area (Å²) in [6, 6.07) is 0.396. The van der Waals surface area contributed by atoms with Crippen molar-refractivity contribution in [2.24, 2.45) is 5.73 Å². The Morgan fingerprint density at radius 2 is 2.07 bits per heavy atom. The molecular formula is C7H5F3N2O2. The van der Waals surface area contributed by atoms with E-state index < -0.39 is 29.1 Å². The number of pyridine rings is 1. The number of nitrogens with two attached hydrogens (primary N) is 1. The van der Waals surface area contributed by atoms with Gasteiger partial charge in [0.05, 0.1) is 5.56 Å². The van der Waals surface area contributed by atoms with Gasteiger partial charge < -0.3 is 10.8 Å². The number of primary amides is 1. The number of rotatable bonds is 1. The van der Waals surface area contributed by atoms with Crippen LogP contribution in [-0.2, 0) is 6.18 Å². The number of aromatic hydroxyl groups is 1. The first kappa shape index (κ1) is 10.3. The molecule has 0 aromatic carbocycles. The van der Waals surface area contributed by atoms with Crippen LogP contribution in [0.5, 0.6) is 5.75 Å². The van der Waals surface area contributed by atoms with Crippen LogP contribution in [0, 0.1) is 0 Å². The molecule has 0 bridgehead atoms. The molecule has 4 nitrogen and oxygen atoms in total. The molecule has 1 amide bonds. The van der Waals surface area contributed by atoms with E-state index in [9.17, 15) is 18.0 Å². The number of carbonyl (C=O) groups excluding carboxylic acids is 1. The SMILES string of the molecule is NC(=O)c1ncc(C(F)(F)F)cc1O. The number of hydrogen-bond acceptors (Lipinski definition) is 3. The van der Waals surface area contributed by atoms with Crippen LogP contribution in [-0.4, -0.2) is 16.0 Å². The molecule has 0 fully saturated rings. The van der Waals surface area contributed by atoms with Gasteiger partial charge in [-0.1, -0.05) is 0 Å². The zero-order valence-electron chi connectivity index (χ0n) is 6.67. The van der Waals surface area contributed by atoms with Crippen LogP contribution in [0.4, 0.5) is 13.2 Å². The van der Waals surface area contributed by atoms with Gasteiger partial charge in [-0.15, -0.1) is 0 Å². The van der Waals surface area contributed by atoms with Gasteiger partial charge in [-0.3, -0.25) is 4.79 Å². The third-order valence-corrected chi connectivity index (χ3v) is 1.43. The Kier molecular flexibility index (Phi) is 2.33. The number of carbonyl (C=O) groups is 1. The lowest BCUT2D eigenvalue weighted by Crippen LogP contribution is -2.14. The van der Waals surface area contributed by atoms with E-state index in [-0.39, 0.29) is 0 Å². The Morgan fingerprint density at radius 1 is 1.50 bits per heavy atom. The van der Waals surface area contributed by atoms with Crippen molar-refractivity contribution in [2.45, 2.75) is 6.18 Å². The predicted molar refractivity (Wildman–Crippen MR) is 39.4 cm³/mol. The Hall–Kier alpha value is -1.79. The molecule has 0 saturated heterocycles. The minimum Gasteiger partial charge on any atom is -0.505 e. The number of amides is 1. The Morgan fingerprint density at radius 3 is 2.43 bits per heavy atom. The summed E-state index contributed by atoms with van der Waals surface area (Å²) in [7, 11) is 0. The Balaban J connectivity index is 3.20. The van der Waals surface area contributed by atoms with Crippen LogP contribution in [0.15, 0.2) is 12.3 Å². The molecule has 1 aromatic rings. The number of nitrogens with zero attached hydrogens (tertiary/aromatic N) is 1. The fraction of sp³-hybridized carbons (Fsp3) is 0.143. The largest absolute Gasteiger partial charge is 0.505 e. The molecule has 1 rings (SSSR count). The van der Waals surface area contributed by atoms with Crippen molar-refractivity contribution < 1.29 is 23.1 Å². The summed E-state index contributed by atoms with van der Waals surface area (Å²) in [5.74, 6) is -1.97. The van der Waals surface area contributed by atoms with Crippen LogP contribution < -0.4 is 5.73 Å². The molecule has 3 N–H and O–H groups in total. The summed E-state index contributed by atoms with van der Waals surface area (Å²) in [6.07, 6.45) is -4.18. The van der Waals surface area contributed by atoms with E-state index in [0.29, 0.717) is 12.3 Å². The molecule has 1 aromatic heterocycles. The Bertz CT molecular complexity index is 376.